The molecule has 1 aromatic heterocycles. The number of ether oxygens (including phenoxy) is 1. The molecule has 1 aliphatic heterocycles. The van der Waals surface area contributed by atoms with Crippen molar-refractivity contribution in [2.45, 2.75) is 38.8 Å². The third-order valence-electron chi connectivity index (χ3n) is 5.09. The molecule has 2 aromatic rings. The molecule has 28 heavy (non-hydrogen) atoms. The highest BCUT2D eigenvalue weighted by Crippen LogP contribution is 2.30. The van der Waals surface area contributed by atoms with Gasteiger partial charge in [-0.1, -0.05) is 24.6 Å². The molecule has 0 amide bonds. The van der Waals surface area contributed by atoms with Crippen molar-refractivity contribution in [1.29, 1.82) is 0 Å². The molecular weight excluding hydrogens is 370 g/mol. The third kappa shape index (κ3) is 5.45. The van der Waals surface area contributed by atoms with Crippen LogP contribution in [0.5, 0.6) is 5.75 Å². The lowest BCUT2D eigenvalue weighted by atomic mass is 10.0. The summed E-state index contributed by atoms with van der Waals surface area (Å²) < 4.78 is 5.65. The number of rotatable bonds is 7. The minimum atomic E-state index is 0.247. The zero-order valence-corrected chi connectivity index (χ0v) is 17.9. The van der Waals surface area contributed by atoms with Gasteiger partial charge in [-0.2, -0.15) is 0 Å². The van der Waals surface area contributed by atoms with Gasteiger partial charge in [0.25, 0.3) is 0 Å². The number of hydrogen-bond donors (Lipinski definition) is 2. The van der Waals surface area contributed by atoms with Gasteiger partial charge in [0.1, 0.15) is 10.8 Å². The van der Waals surface area contributed by atoms with Crippen LogP contribution < -0.4 is 15.4 Å². The van der Waals surface area contributed by atoms with Crippen molar-refractivity contribution in [3.63, 3.8) is 0 Å². The second-order valence-corrected chi connectivity index (χ2v) is 8.35. The molecule has 0 aliphatic carbocycles. The summed E-state index contributed by atoms with van der Waals surface area (Å²) >= 11 is 1.71. The van der Waals surface area contributed by atoms with Crippen molar-refractivity contribution in [3.8, 4) is 5.75 Å². The van der Waals surface area contributed by atoms with Gasteiger partial charge in [-0.15, -0.1) is 11.3 Å². The third-order valence-corrected chi connectivity index (χ3v) is 6.00. The molecule has 0 bridgehead atoms. The van der Waals surface area contributed by atoms with Gasteiger partial charge in [-0.25, -0.2) is 4.98 Å². The van der Waals surface area contributed by atoms with E-state index in [1.54, 1.807) is 25.5 Å². The fraction of sp³-hybridized carbons (Fsp3) is 0.524. The molecule has 1 aromatic carbocycles. The minimum absolute atomic E-state index is 0.247. The number of benzene rings is 1. The van der Waals surface area contributed by atoms with Crippen LogP contribution in [0, 0.1) is 6.92 Å². The smallest absolute Gasteiger partial charge is 0.191 e. The number of aromatic nitrogens is 1. The maximum atomic E-state index is 5.65. The summed E-state index contributed by atoms with van der Waals surface area (Å²) in [5.74, 6) is 1.74. The fourth-order valence-electron chi connectivity index (χ4n) is 3.66. The lowest BCUT2D eigenvalue weighted by Crippen LogP contribution is -2.44. The SMILES string of the molecule is CN=C(NCc1ncc(C)s1)NCC(c1ccccc1OC)N1CCCCC1. The first-order chi connectivity index (χ1) is 13.7. The Bertz CT molecular complexity index is 770. The predicted molar refractivity (Wildman–Crippen MR) is 116 cm³/mol. The number of thiazole rings is 1. The Morgan fingerprint density at radius 1 is 1.25 bits per heavy atom. The van der Waals surface area contributed by atoms with Crippen molar-refractivity contribution >= 4 is 17.3 Å². The van der Waals surface area contributed by atoms with Crippen molar-refractivity contribution in [2.75, 3.05) is 33.8 Å². The average molecular weight is 402 g/mol. The number of nitrogens with zero attached hydrogens (tertiary/aromatic N) is 3. The van der Waals surface area contributed by atoms with E-state index in [2.05, 4.69) is 44.6 Å². The van der Waals surface area contributed by atoms with Crippen LogP contribution in [0.15, 0.2) is 35.5 Å². The van der Waals surface area contributed by atoms with E-state index < -0.39 is 0 Å². The van der Waals surface area contributed by atoms with E-state index >= 15 is 0 Å². The van der Waals surface area contributed by atoms with E-state index in [9.17, 15) is 0 Å². The number of guanidine groups is 1. The number of piperidine rings is 1. The molecule has 6 nitrogen and oxygen atoms in total. The van der Waals surface area contributed by atoms with Crippen molar-refractivity contribution in [1.82, 2.24) is 20.5 Å². The van der Waals surface area contributed by atoms with Crippen molar-refractivity contribution in [2.24, 2.45) is 4.99 Å². The molecule has 1 unspecified atom stereocenters. The van der Waals surface area contributed by atoms with E-state index in [0.717, 1.165) is 36.4 Å². The van der Waals surface area contributed by atoms with E-state index in [1.807, 2.05) is 18.3 Å². The van der Waals surface area contributed by atoms with Crippen LogP contribution in [-0.2, 0) is 6.54 Å². The molecule has 152 valence electrons. The topological polar surface area (TPSA) is 61.8 Å². The molecule has 0 radical (unpaired) electrons. The Morgan fingerprint density at radius 3 is 2.71 bits per heavy atom. The van der Waals surface area contributed by atoms with Gasteiger partial charge in [0, 0.05) is 30.2 Å². The van der Waals surface area contributed by atoms with Crippen LogP contribution in [0.25, 0.3) is 0 Å². The second kappa shape index (κ2) is 10.4. The Kier molecular flexibility index (Phi) is 7.68. The van der Waals surface area contributed by atoms with Gasteiger partial charge in [0.2, 0.25) is 0 Å². The van der Waals surface area contributed by atoms with Gasteiger partial charge in [-0.05, 0) is 38.9 Å². The van der Waals surface area contributed by atoms with Gasteiger partial charge in [-0.3, -0.25) is 9.89 Å². The Labute approximate surface area is 172 Å². The zero-order valence-electron chi connectivity index (χ0n) is 17.1. The van der Waals surface area contributed by atoms with Crippen molar-refractivity contribution in [3.05, 3.63) is 45.9 Å². The van der Waals surface area contributed by atoms with Crippen LogP contribution in [0.3, 0.4) is 0 Å². The number of likely N-dealkylation sites (tertiary alicyclic amines) is 1. The first-order valence-corrected chi connectivity index (χ1v) is 10.8. The summed E-state index contributed by atoms with van der Waals surface area (Å²) in [5.41, 5.74) is 1.23. The average Bonchev–Trinajstić information content (AvgIpc) is 3.16. The monoisotopic (exact) mass is 401 g/mol. The van der Waals surface area contributed by atoms with Crippen LogP contribution in [0.2, 0.25) is 0 Å². The normalized spacial score (nSPS) is 16.6. The second-order valence-electron chi connectivity index (χ2n) is 7.03. The lowest BCUT2D eigenvalue weighted by molar-refractivity contribution is 0.161. The highest BCUT2D eigenvalue weighted by Gasteiger charge is 2.25. The quantitative estimate of drug-likeness (QED) is 0.550. The zero-order chi connectivity index (χ0) is 19.8. The number of nitrogens with one attached hydrogen (secondary N) is 2. The highest BCUT2D eigenvalue weighted by atomic mass is 32.1. The molecule has 0 saturated carbocycles. The number of hydrogen-bond acceptors (Lipinski definition) is 5. The molecule has 2 N–H and O–H groups in total. The highest BCUT2D eigenvalue weighted by molar-refractivity contribution is 7.11. The summed E-state index contributed by atoms with van der Waals surface area (Å²) in [6.07, 6.45) is 5.73. The molecule has 2 heterocycles. The molecule has 1 fully saturated rings. The van der Waals surface area contributed by atoms with E-state index in [1.165, 1.54) is 29.7 Å². The first-order valence-electron chi connectivity index (χ1n) is 9.94. The summed E-state index contributed by atoms with van der Waals surface area (Å²) in [6.45, 7) is 5.77. The minimum Gasteiger partial charge on any atom is -0.496 e. The molecule has 0 spiro atoms. The van der Waals surface area contributed by atoms with E-state index in [0.29, 0.717) is 6.54 Å². The van der Waals surface area contributed by atoms with E-state index in [4.69, 9.17) is 4.74 Å². The molecular formula is C21H31N5OS. The Hall–Kier alpha value is -2.12. The summed E-state index contributed by atoms with van der Waals surface area (Å²) in [4.78, 5) is 12.6. The van der Waals surface area contributed by atoms with Gasteiger partial charge in [0.05, 0.1) is 19.7 Å². The molecule has 1 saturated heterocycles. The number of aryl methyl sites for hydroxylation is 1. The lowest BCUT2D eigenvalue weighted by Gasteiger charge is -2.35. The number of para-hydroxylation sites is 1. The first kappa shape index (κ1) is 20.6. The number of methoxy groups -OCH3 is 1. The Morgan fingerprint density at radius 2 is 2.04 bits per heavy atom. The van der Waals surface area contributed by atoms with Crippen molar-refractivity contribution < 1.29 is 4.74 Å². The van der Waals surface area contributed by atoms with Gasteiger partial charge < -0.3 is 15.4 Å². The van der Waals surface area contributed by atoms with Crippen LogP contribution >= 0.6 is 11.3 Å². The standard InChI is InChI=1S/C21H31N5OS/c1-16-13-23-20(28-16)15-25-21(22-2)24-14-18(26-11-7-4-8-12-26)17-9-5-6-10-19(17)27-3/h5-6,9-10,13,18H,4,7-8,11-12,14-15H2,1-3H3,(H2,22,24,25). The predicted octanol–water partition coefficient (Wildman–Crippen LogP) is 3.35. The molecule has 7 heteroatoms. The van der Waals surface area contributed by atoms with Crippen LogP contribution in [-0.4, -0.2) is 49.6 Å². The van der Waals surface area contributed by atoms with Crippen LogP contribution in [0.1, 0.15) is 40.8 Å². The molecule has 1 atom stereocenters. The van der Waals surface area contributed by atoms with E-state index in [-0.39, 0.29) is 6.04 Å². The maximum Gasteiger partial charge on any atom is 0.191 e. The molecule has 1 aliphatic rings. The van der Waals surface area contributed by atoms with Gasteiger partial charge in [0.15, 0.2) is 5.96 Å². The number of aliphatic imine (C=N–C) groups is 1. The van der Waals surface area contributed by atoms with Crippen LogP contribution in [0.4, 0.5) is 0 Å². The Balaban J connectivity index is 1.67. The maximum absolute atomic E-state index is 5.65. The summed E-state index contributed by atoms with van der Waals surface area (Å²) in [5, 5.41) is 7.95. The fourth-order valence-corrected chi connectivity index (χ4v) is 4.39. The molecule has 3 rings (SSSR count). The largest absolute Gasteiger partial charge is 0.496 e. The summed E-state index contributed by atoms with van der Waals surface area (Å²) in [6, 6.07) is 8.59. The van der Waals surface area contributed by atoms with Gasteiger partial charge >= 0.3 is 0 Å². The summed E-state index contributed by atoms with van der Waals surface area (Å²) in [7, 11) is 3.55.